The van der Waals surface area contributed by atoms with Crippen LogP contribution in [0.25, 0.3) is 10.8 Å². The van der Waals surface area contributed by atoms with Crippen LogP contribution in [0.4, 0.5) is 0 Å². The van der Waals surface area contributed by atoms with Gasteiger partial charge in [0, 0.05) is 12.0 Å². The lowest BCUT2D eigenvalue weighted by Crippen LogP contribution is -2.06. The number of methoxy groups -OCH3 is 4. The minimum atomic E-state index is -0.339. The normalized spacial score (nSPS) is 11.4. The van der Waals surface area contributed by atoms with Crippen molar-refractivity contribution in [3.63, 3.8) is 0 Å². The molecule has 0 saturated heterocycles. The van der Waals surface area contributed by atoms with Crippen LogP contribution < -0.4 is 18.9 Å². The molecule has 33 heavy (non-hydrogen) atoms. The van der Waals surface area contributed by atoms with Crippen molar-refractivity contribution in [3.05, 3.63) is 23.8 Å². The molecule has 0 N–H and O–H groups in total. The van der Waals surface area contributed by atoms with Gasteiger partial charge >= 0.3 is 5.97 Å². The van der Waals surface area contributed by atoms with Gasteiger partial charge in [0.05, 0.1) is 44.9 Å². The fraction of sp³-hybridized carbons (Fsp3) is 0.538. The molecule has 0 aliphatic heterocycles. The molecule has 0 amide bonds. The Bertz CT molecular complexity index is 954. The smallest absolute Gasteiger partial charge is 0.335 e. The Morgan fingerprint density at radius 1 is 0.788 bits per heavy atom. The van der Waals surface area contributed by atoms with Crippen LogP contribution in [-0.2, 0) is 9.63 Å². The molecule has 2 rings (SSSR count). The summed E-state index contributed by atoms with van der Waals surface area (Å²) < 4.78 is 22.5. The molecule has 2 aromatic carbocycles. The average molecular weight is 460 g/mol. The van der Waals surface area contributed by atoms with E-state index in [4.69, 9.17) is 23.8 Å². The predicted octanol–water partition coefficient (Wildman–Crippen LogP) is 6.28. The number of nitrogens with zero attached hydrogens (tertiary/aromatic N) is 1. The first kappa shape index (κ1) is 26.3. The van der Waals surface area contributed by atoms with Gasteiger partial charge in [-0.25, -0.2) is 4.79 Å². The fourth-order valence-corrected chi connectivity index (χ4v) is 3.86. The van der Waals surface area contributed by atoms with Crippen LogP contribution in [-0.4, -0.2) is 40.1 Å². The summed E-state index contributed by atoms with van der Waals surface area (Å²) in [5, 5.41) is 5.50. The Morgan fingerprint density at radius 2 is 1.36 bits per heavy atom. The Hall–Kier alpha value is -2.96. The molecule has 7 heteroatoms. The highest BCUT2D eigenvalue weighted by Gasteiger charge is 2.22. The van der Waals surface area contributed by atoms with Crippen LogP contribution in [0.15, 0.2) is 23.4 Å². The highest BCUT2D eigenvalue weighted by molar-refractivity contribution is 6.11. The highest BCUT2D eigenvalue weighted by Crippen LogP contribution is 2.46. The minimum Gasteiger partial charge on any atom is -0.496 e. The number of carbonyl (C=O) groups excluding carboxylic acids is 1. The summed E-state index contributed by atoms with van der Waals surface area (Å²) in [4.78, 5) is 17.4. The van der Waals surface area contributed by atoms with Crippen LogP contribution in [0.3, 0.4) is 0 Å². The van der Waals surface area contributed by atoms with Gasteiger partial charge in [-0.2, -0.15) is 0 Å². The molecule has 182 valence electrons. The molecular weight excluding hydrogens is 422 g/mol. The number of fused-ring (bicyclic) bond motifs is 1. The van der Waals surface area contributed by atoms with E-state index >= 15 is 0 Å². The zero-order chi connectivity index (χ0) is 24.2. The van der Waals surface area contributed by atoms with Gasteiger partial charge in [0.2, 0.25) is 0 Å². The van der Waals surface area contributed by atoms with Crippen molar-refractivity contribution in [2.24, 2.45) is 5.16 Å². The lowest BCUT2D eigenvalue weighted by Gasteiger charge is -2.18. The number of benzene rings is 2. The van der Waals surface area contributed by atoms with E-state index in [9.17, 15) is 4.79 Å². The summed E-state index contributed by atoms with van der Waals surface area (Å²) >= 11 is 0. The standard InChI is InChI=1S/C26H37NO6/c1-7-8-9-10-11-12-13-14-23(28)33-27-18(2)19-17-22(31-5)24-20(29-3)15-16-21(30-4)25(24)26(19)32-6/h15-17H,7-14H2,1-6H3. The topological polar surface area (TPSA) is 75.6 Å². The molecule has 0 saturated carbocycles. The molecule has 0 spiro atoms. The van der Waals surface area contributed by atoms with E-state index in [1.807, 2.05) is 12.1 Å². The van der Waals surface area contributed by atoms with Gasteiger partial charge in [-0.1, -0.05) is 50.6 Å². The zero-order valence-corrected chi connectivity index (χ0v) is 20.8. The van der Waals surface area contributed by atoms with Crippen LogP contribution in [0, 0.1) is 0 Å². The van der Waals surface area contributed by atoms with Gasteiger partial charge < -0.3 is 23.8 Å². The number of rotatable bonds is 14. The second-order valence-electron chi connectivity index (χ2n) is 7.89. The number of hydrogen-bond acceptors (Lipinski definition) is 7. The molecule has 0 radical (unpaired) electrons. The van der Waals surface area contributed by atoms with E-state index < -0.39 is 0 Å². The third-order valence-electron chi connectivity index (χ3n) is 5.64. The predicted molar refractivity (Wildman–Crippen MR) is 131 cm³/mol. The number of ether oxygens (including phenoxy) is 4. The van der Waals surface area contributed by atoms with Gasteiger partial charge in [0.25, 0.3) is 0 Å². The molecular formula is C26H37NO6. The first-order valence-electron chi connectivity index (χ1n) is 11.6. The van der Waals surface area contributed by atoms with Crippen LogP contribution in [0.2, 0.25) is 0 Å². The van der Waals surface area contributed by atoms with Gasteiger partial charge in [-0.05, 0) is 31.5 Å². The average Bonchev–Trinajstić information content (AvgIpc) is 2.84. The molecule has 0 heterocycles. The quantitative estimate of drug-likeness (QED) is 0.143. The summed E-state index contributed by atoms with van der Waals surface area (Å²) in [5.41, 5.74) is 1.13. The summed E-state index contributed by atoms with van der Waals surface area (Å²) in [6, 6.07) is 5.42. The summed E-state index contributed by atoms with van der Waals surface area (Å²) in [7, 11) is 6.34. The van der Waals surface area contributed by atoms with Crippen molar-refractivity contribution in [2.45, 2.75) is 65.2 Å². The fourth-order valence-electron chi connectivity index (χ4n) is 3.86. The van der Waals surface area contributed by atoms with Gasteiger partial charge in [-0.15, -0.1) is 0 Å². The van der Waals surface area contributed by atoms with E-state index in [-0.39, 0.29) is 5.97 Å². The molecule has 2 aromatic rings. The molecule has 0 atom stereocenters. The SMILES string of the molecule is CCCCCCCCCC(=O)ON=C(C)c1cc(OC)c2c(OC)ccc(OC)c2c1OC. The third-order valence-corrected chi connectivity index (χ3v) is 5.64. The lowest BCUT2D eigenvalue weighted by atomic mass is 9.99. The third kappa shape index (κ3) is 6.76. The van der Waals surface area contributed by atoms with E-state index in [2.05, 4.69) is 12.1 Å². The first-order valence-corrected chi connectivity index (χ1v) is 11.6. The van der Waals surface area contributed by atoms with E-state index in [1.54, 1.807) is 41.4 Å². The number of oxime groups is 1. The number of unbranched alkanes of at least 4 members (excludes halogenated alkanes) is 6. The second-order valence-corrected chi connectivity index (χ2v) is 7.89. The van der Waals surface area contributed by atoms with Crippen molar-refractivity contribution in [3.8, 4) is 23.0 Å². The van der Waals surface area contributed by atoms with Crippen LogP contribution in [0.1, 0.15) is 70.8 Å². The molecule has 0 aromatic heterocycles. The number of hydrogen-bond donors (Lipinski definition) is 0. The Balaban J connectivity index is 2.22. The maximum Gasteiger partial charge on any atom is 0.335 e. The van der Waals surface area contributed by atoms with Crippen LogP contribution >= 0.6 is 0 Å². The Morgan fingerprint density at radius 3 is 1.94 bits per heavy atom. The molecule has 0 aliphatic rings. The highest BCUT2D eigenvalue weighted by atomic mass is 16.7. The molecule has 0 bridgehead atoms. The Kier molecular flexibility index (Phi) is 10.8. The van der Waals surface area contributed by atoms with Crippen LogP contribution in [0.5, 0.6) is 23.0 Å². The molecule has 0 unspecified atom stereocenters. The summed E-state index contributed by atoms with van der Waals surface area (Å²) in [5.74, 6) is 2.00. The van der Waals surface area contributed by atoms with E-state index in [0.29, 0.717) is 46.1 Å². The zero-order valence-electron chi connectivity index (χ0n) is 20.8. The van der Waals surface area contributed by atoms with E-state index in [0.717, 1.165) is 24.6 Å². The first-order chi connectivity index (χ1) is 16.0. The van der Waals surface area contributed by atoms with Crippen molar-refractivity contribution < 1.29 is 28.6 Å². The largest absolute Gasteiger partial charge is 0.496 e. The maximum atomic E-state index is 12.2. The summed E-state index contributed by atoms with van der Waals surface area (Å²) in [6.07, 6.45) is 8.33. The maximum absolute atomic E-state index is 12.2. The van der Waals surface area contributed by atoms with E-state index in [1.165, 1.54) is 25.7 Å². The molecule has 0 fully saturated rings. The Labute approximate surface area is 197 Å². The van der Waals surface area contributed by atoms with Crippen molar-refractivity contribution in [1.82, 2.24) is 0 Å². The van der Waals surface area contributed by atoms with Crippen molar-refractivity contribution in [1.29, 1.82) is 0 Å². The van der Waals surface area contributed by atoms with Gasteiger partial charge in [0.1, 0.15) is 23.0 Å². The molecule has 7 nitrogen and oxygen atoms in total. The van der Waals surface area contributed by atoms with Crippen molar-refractivity contribution >= 4 is 22.5 Å². The monoisotopic (exact) mass is 459 g/mol. The lowest BCUT2D eigenvalue weighted by molar-refractivity contribution is -0.143. The van der Waals surface area contributed by atoms with Gasteiger partial charge in [-0.3, -0.25) is 0 Å². The number of carbonyl (C=O) groups is 1. The second kappa shape index (κ2) is 13.6. The van der Waals surface area contributed by atoms with Gasteiger partial charge in [0.15, 0.2) is 0 Å². The minimum absolute atomic E-state index is 0.339. The molecule has 0 aliphatic carbocycles. The summed E-state index contributed by atoms with van der Waals surface area (Å²) in [6.45, 7) is 3.96. The van der Waals surface area contributed by atoms with Crippen molar-refractivity contribution in [2.75, 3.05) is 28.4 Å².